The summed E-state index contributed by atoms with van der Waals surface area (Å²) in [5.74, 6) is -2.47. The molecule has 1 amide bonds. The van der Waals surface area contributed by atoms with Crippen molar-refractivity contribution in [2.45, 2.75) is 26.0 Å². The lowest BCUT2D eigenvalue weighted by Crippen LogP contribution is -2.65. The Bertz CT molecular complexity index is 238. The Kier molecular flexibility index (Phi) is 2.56. The number of carbonyl (C=O) groups excluding carboxylic acids is 1. The van der Waals surface area contributed by atoms with Gasteiger partial charge in [0.2, 0.25) is 5.91 Å². The molecule has 74 valence electrons. The lowest BCUT2D eigenvalue weighted by molar-refractivity contribution is -0.151. The molecule has 1 heterocycles. The van der Waals surface area contributed by atoms with Gasteiger partial charge in [0, 0.05) is 0 Å². The lowest BCUT2D eigenvalue weighted by atomic mass is 9.79. The first-order valence-electron chi connectivity index (χ1n) is 4.16. The van der Waals surface area contributed by atoms with Gasteiger partial charge in [-0.05, 0) is 13.8 Å². The normalized spacial score (nSPS) is 31.5. The van der Waals surface area contributed by atoms with E-state index < -0.39 is 30.0 Å². The van der Waals surface area contributed by atoms with E-state index in [2.05, 4.69) is 5.32 Å². The van der Waals surface area contributed by atoms with E-state index in [1.807, 2.05) is 0 Å². The number of hydrogen-bond acceptors (Lipinski definition) is 3. The van der Waals surface area contributed by atoms with Gasteiger partial charge in [0.25, 0.3) is 0 Å². The zero-order valence-electron chi connectivity index (χ0n) is 7.52. The minimum atomic E-state index is -0.962. The molecule has 1 saturated heterocycles. The summed E-state index contributed by atoms with van der Waals surface area (Å²) in [6.07, 6.45) is -0.791. The SMILES string of the molecule is CC(O)C1C(=O)NC1C(C)C(=O)O. The molecule has 0 aromatic rings. The number of rotatable bonds is 3. The van der Waals surface area contributed by atoms with Gasteiger partial charge in [0.15, 0.2) is 0 Å². The van der Waals surface area contributed by atoms with E-state index in [0.717, 1.165) is 0 Å². The summed E-state index contributed by atoms with van der Waals surface area (Å²) in [5, 5.41) is 20.3. The van der Waals surface area contributed by atoms with Gasteiger partial charge in [-0.25, -0.2) is 0 Å². The van der Waals surface area contributed by atoms with Gasteiger partial charge in [-0.3, -0.25) is 9.59 Å². The number of aliphatic hydroxyl groups excluding tert-OH is 1. The minimum Gasteiger partial charge on any atom is -0.481 e. The van der Waals surface area contributed by atoms with Gasteiger partial charge >= 0.3 is 5.97 Å². The Hall–Kier alpha value is -1.10. The molecule has 0 aliphatic carbocycles. The lowest BCUT2D eigenvalue weighted by Gasteiger charge is -2.40. The predicted molar refractivity (Wildman–Crippen MR) is 43.9 cm³/mol. The molecule has 5 nitrogen and oxygen atoms in total. The molecule has 1 fully saturated rings. The molecule has 5 heteroatoms. The van der Waals surface area contributed by atoms with Crippen molar-refractivity contribution in [3.8, 4) is 0 Å². The minimum absolute atomic E-state index is 0.270. The molecule has 1 aliphatic heterocycles. The van der Waals surface area contributed by atoms with Crippen molar-refractivity contribution in [2.24, 2.45) is 11.8 Å². The third-order valence-corrected chi connectivity index (χ3v) is 2.45. The van der Waals surface area contributed by atoms with Crippen LogP contribution in [0, 0.1) is 11.8 Å². The van der Waals surface area contributed by atoms with E-state index in [-0.39, 0.29) is 5.91 Å². The molecule has 0 bridgehead atoms. The van der Waals surface area contributed by atoms with E-state index in [0.29, 0.717) is 0 Å². The van der Waals surface area contributed by atoms with Crippen LogP contribution in [0.15, 0.2) is 0 Å². The average molecular weight is 187 g/mol. The highest BCUT2D eigenvalue weighted by Crippen LogP contribution is 2.25. The molecule has 0 radical (unpaired) electrons. The second-order valence-corrected chi connectivity index (χ2v) is 3.43. The zero-order chi connectivity index (χ0) is 10.2. The first kappa shape index (κ1) is 9.98. The fourth-order valence-electron chi connectivity index (χ4n) is 1.53. The Labute approximate surface area is 75.7 Å². The van der Waals surface area contributed by atoms with Crippen LogP contribution in [0.25, 0.3) is 0 Å². The van der Waals surface area contributed by atoms with Crippen LogP contribution in [0.5, 0.6) is 0 Å². The van der Waals surface area contributed by atoms with Gasteiger partial charge in [-0.1, -0.05) is 0 Å². The van der Waals surface area contributed by atoms with Crippen LogP contribution in [0.2, 0.25) is 0 Å². The molecule has 0 saturated carbocycles. The number of β-lactam (4-membered cyclic amide) rings is 1. The highest BCUT2D eigenvalue weighted by Gasteiger charge is 2.47. The van der Waals surface area contributed by atoms with Gasteiger partial charge < -0.3 is 15.5 Å². The number of carboxylic acids is 1. The number of aliphatic hydroxyl groups is 1. The first-order valence-corrected chi connectivity index (χ1v) is 4.16. The van der Waals surface area contributed by atoms with Crippen molar-refractivity contribution in [3.63, 3.8) is 0 Å². The quantitative estimate of drug-likeness (QED) is 0.505. The molecule has 0 spiro atoms. The highest BCUT2D eigenvalue weighted by molar-refractivity contribution is 5.88. The van der Waals surface area contributed by atoms with Crippen molar-refractivity contribution >= 4 is 11.9 Å². The van der Waals surface area contributed by atoms with E-state index in [4.69, 9.17) is 5.11 Å². The van der Waals surface area contributed by atoms with Crippen LogP contribution in [0.3, 0.4) is 0 Å². The van der Waals surface area contributed by atoms with Gasteiger partial charge in [0.1, 0.15) is 0 Å². The summed E-state index contributed by atoms with van der Waals surface area (Å²) >= 11 is 0. The molecule has 3 N–H and O–H groups in total. The number of carbonyl (C=O) groups is 2. The summed E-state index contributed by atoms with van der Waals surface area (Å²) in [4.78, 5) is 21.5. The summed E-state index contributed by atoms with van der Waals surface area (Å²) in [5.41, 5.74) is 0. The Morgan fingerprint density at radius 2 is 2.08 bits per heavy atom. The van der Waals surface area contributed by atoms with E-state index in [9.17, 15) is 14.7 Å². The van der Waals surface area contributed by atoms with Crippen LogP contribution < -0.4 is 5.32 Å². The molecule has 4 unspecified atom stereocenters. The van der Waals surface area contributed by atoms with Crippen LogP contribution in [-0.2, 0) is 9.59 Å². The maximum atomic E-state index is 10.9. The third kappa shape index (κ3) is 1.65. The highest BCUT2D eigenvalue weighted by atomic mass is 16.4. The molecule has 0 aromatic heterocycles. The second kappa shape index (κ2) is 3.33. The third-order valence-electron chi connectivity index (χ3n) is 2.45. The number of hydrogen-bond donors (Lipinski definition) is 3. The maximum absolute atomic E-state index is 10.9. The van der Waals surface area contributed by atoms with Crippen molar-refractivity contribution in [1.82, 2.24) is 5.32 Å². The Balaban J connectivity index is 2.64. The standard InChI is InChI=1S/C8H13NO4/c1-3(8(12)13)6-5(4(2)10)7(11)9-6/h3-6,10H,1-2H3,(H,9,11)(H,12,13). The van der Waals surface area contributed by atoms with Crippen LogP contribution in [0.4, 0.5) is 0 Å². The maximum Gasteiger partial charge on any atom is 0.308 e. The summed E-state index contributed by atoms with van der Waals surface area (Å²) < 4.78 is 0. The van der Waals surface area contributed by atoms with E-state index in [1.165, 1.54) is 13.8 Å². The van der Waals surface area contributed by atoms with Crippen LogP contribution in [-0.4, -0.2) is 34.2 Å². The van der Waals surface area contributed by atoms with Gasteiger partial charge in [-0.2, -0.15) is 0 Å². The summed E-state index contributed by atoms with van der Waals surface area (Å²) in [6.45, 7) is 3.01. The fraction of sp³-hybridized carbons (Fsp3) is 0.750. The second-order valence-electron chi connectivity index (χ2n) is 3.43. The zero-order valence-corrected chi connectivity index (χ0v) is 7.52. The molecule has 13 heavy (non-hydrogen) atoms. The average Bonchev–Trinajstić information content (AvgIpc) is 1.97. The predicted octanol–water partition coefficient (Wildman–Crippen LogP) is -0.797. The molecular formula is C8H13NO4. The van der Waals surface area contributed by atoms with E-state index in [1.54, 1.807) is 0 Å². The number of amides is 1. The monoisotopic (exact) mass is 187 g/mol. The van der Waals surface area contributed by atoms with Gasteiger partial charge in [-0.15, -0.1) is 0 Å². The largest absolute Gasteiger partial charge is 0.481 e. The molecule has 0 aromatic carbocycles. The summed E-state index contributed by atoms with van der Waals surface area (Å²) in [7, 11) is 0. The number of carboxylic acid groups (broad SMARTS) is 1. The fourth-order valence-corrected chi connectivity index (χ4v) is 1.53. The number of nitrogens with one attached hydrogen (secondary N) is 1. The topological polar surface area (TPSA) is 86.6 Å². The first-order chi connectivity index (χ1) is 5.95. The Morgan fingerprint density at radius 1 is 1.54 bits per heavy atom. The smallest absolute Gasteiger partial charge is 0.308 e. The molecule has 1 aliphatic rings. The molecular weight excluding hydrogens is 174 g/mol. The van der Waals surface area contributed by atoms with Crippen LogP contribution in [0.1, 0.15) is 13.8 Å². The van der Waals surface area contributed by atoms with Gasteiger partial charge in [0.05, 0.1) is 24.0 Å². The Morgan fingerprint density at radius 3 is 2.38 bits per heavy atom. The van der Waals surface area contributed by atoms with Crippen LogP contribution >= 0.6 is 0 Å². The van der Waals surface area contributed by atoms with E-state index >= 15 is 0 Å². The summed E-state index contributed by atoms with van der Waals surface area (Å²) in [6, 6.07) is -0.440. The van der Waals surface area contributed by atoms with Crippen molar-refractivity contribution in [1.29, 1.82) is 0 Å². The molecule has 1 rings (SSSR count). The molecule has 4 atom stereocenters. The van der Waals surface area contributed by atoms with Crippen molar-refractivity contribution in [3.05, 3.63) is 0 Å². The van der Waals surface area contributed by atoms with Crippen molar-refractivity contribution in [2.75, 3.05) is 0 Å². The number of aliphatic carboxylic acids is 1. The van der Waals surface area contributed by atoms with Crippen molar-refractivity contribution < 1.29 is 19.8 Å².